The Kier molecular flexibility index (Phi) is 20.6. The third-order valence-corrected chi connectivity index (χ3v) is 9.30. The standard InChI is InChI=1S/C26H51NO6Si/c1-6-8-9-10-11-12-13-14-15-16-17-18-19-20-23(24(28)22-27)21-25(29)33-26(7-2)34(30-3,31-4)32-5/h14-15,23,26H,6-13,16-22,27H2,1-5H3/b15-14-. The van der Waals surface area contributed by atoms with Gasteiger partial charge in [-0.3, -0.25) is 9.59 Å². The van der Waals surface area contributed by atoms with Gasteiger partial charge in [0.15, 0.2) is 5.73 Å². The van der Waals surface area contributed by atoms with Crippen molar-refractivity contribution in [2.45, 2.75) is 109 Å². The zero-order valence-electron chi connectivity index (χ0n) is 22.4. The van der Waals surface area contributed by atoms with Crippen molar-refractivity contribution in [3.05, 3.63) is 12.2 Å². The van der Waals surface area contributed by atoms with E-state index in [1.807, 2.05) is 6.92 Å². The van der Waals surface area contributed by atoms with E-state index in [1.165, 1.54) is 66.3 Å². The first-order chi connectivity index (χ1) is 16.4. The molecule has 0 aliphatic rings. The minimum absolute atomic E-state index is 0.0202. The molecular weight excluding hydrogens is 450 g/mol. The fraction of sp³-hybridized carbons (Fsp3) is 0.846. The predicted molar refractivity (Wildman–Crippen MR) is 139 cm³/mol. The molecular formula is C26H51NO6Si. The molecule has 2 unspecified atom stereocenters. The van der Waals surface area contributed by atoms with Gasteiger partial charge >= 0.3 is 14.8 Å². The smallest absolute Gasteiger partial charge is 0.458 e. The van der Waals surface area contributed by atoms with Crippen LogP contribution in [0.2, 0.25) is 0 Å². The average Bonchev–Trinajstić information content (AvgIpc) is 2.86. The van der Waals surface area contributed by atoms with E-state index >= 15 is 0 Å². The molecule has 34 heavy (non-hydrogen) atoms. The van der Waals surface area contributed by atoms with E-state index in [-0.39, 0.29) is 18.7 Å². The number of ketones is 1. The van der Waals surface area contributed by atoms with E-state index in [0.717, 1.165) is 25.7 Å². The van der Waals surface area contributed by atoms with E-state index in [9.17, 15) is 9.59 Å². The number of ether oxygens (including phenoxy) is 1. The number of esters is 1. The summed E-state index contributed by atoms with van der Waals surface area (Å²) in [5.41, 5.74) is 4.98. The van der Waals surface area contributed by atoms with Crippen LogP contribution >= 0.6 is 0 Å². The lowest BCUT2D eigenvalue weighted by molar-refractivity contribution is -0.151. The number of Topliss-reactive ketones (excluding diaryl/α,β-unsaturated/α-hetero) is 1. The van der Waals surface area contributed by atoms with E-state index in [2.05, 4.69) is 19.1 Å². The molecule has 0 aliphatic carbocycles. The Morgan fingerprint density at radius 3 is 1.85 bits per heavy atom. The molecule has 2 N–H and O–H groups in total. The van der Waals surface area contributed by atoms with Gasteiger partial charge in [-0.05, 0) is 38.5 Å². The number of nitrogens with two attached hydrogens (primary N) is 1. The Morgan fingerprint density at radius 2 is 1.35 bits per heavy atom. The summed E-state index contributed by atoms with van der Waals surface area (Å²) < 4.78 is 22.0. The Bertz CT molecular complexity index is 545. The third kappa shape index (κ3) is 13.7. The maximum Gasteiger partial charge on any atom is 0.543 e. The number of hydrogen-bond donors (Lipinski definition) is 1. The third-order valence-electron chi connectivity index (χ3n) is 6.28. The number of unbranched alkanes of at least 4 members (excludes halogenated alkanes) is 9. The summed E-state index contributed by atoms with van der Waals surface area (Å²) in [7, 11) is 1.34. The first-order valence-corrected chi connectivity index (χ1v) is 15.0. The fourth-order valence-corrected chi connectivity index (χ4v) is 6.17. The summed E-state index contributed by atoms with van der Waals surface area (Å²) in [5.74, 6) is -0.959. The fourth-order valence-electron chi connectivity index (χ4n) is 4.11. The Hall–Kier alpha value is -1.06. The van der Waals surface area contributed by atoms with Gasteiger partial charge in [-0.25, -0.2) is 0 Å². The van der Waals surface area contributed by atoms with Crippen LogP contribution in [-0.4, -0.2) is 54.2 Å². The molecule has 0 radical (unpaired) electrons. The predicted octanol–water partition coefficient (Wildman–Crippen LogP) is 5.52. The van der Waals surface area contributed by atoms with Crippen LogP contribution in [0.15, 0.2) is 12.2 Å². The maximum atomic E-state index is 12.6. The highest BCUT2D eigenvalue weighted by atomic mass is 28.4. The molecule has 0 aromatic carbocycles. The van der Waals surface area contributed by atoms with Gasteiger partial charge in [-0.1, -0.05) is 70.9 Å². The largest absolute Gasteiger partial charge is 0.543 e. The van der Waals surface area contributed by atoms with Gasteiger partial charge in [-0.2, -0.15) is 0 Å². The lowest BCUT2D eigenvalue weighted by Gasteiger charge is -2.31. The first kappa shape index (κ1) is 32.9. The highest BCUT2D eigenvalue weighted by Crippen LogP contribution is 2.22. The summed E-state index contributed by atoms with van der Waals surface area (Å²) >= 11 is 0. The number of rotatable bonds is 23. The molecule has 0 fully saturated rings. The topological polar surface area (TPSA) is 97.1 Å². The van der Waals surface area contributed by atoms with Gasteiger partial charge in [-0.15, -0.1) is 0 Å². The summed E-state index contributed by atoms with van der Waals surface area (Å²) in [4.78, 5) is 24.9. The van der Waals surface area contributed by atoms with Crippen molar-refractivity contribution >= 4 is 20.6 Å². The number of carbonyl (C=O) groups is 2. The number of carbonyl (C=O) groups excluding carboxylic acids is 2. The van der Waals surface area contributed by atoms with Gasteiger partial charge in [0.05, 0.1) is 13.0 Å². The van der Waals surface area contributed by atoms with E-state index in [1.54, 1.807) is 0 Å². The zero-order valence-corrected chi connectivity index (χ0v) is 23.4. The van der Waals surface area contributed by atoms with Crippen LogP contribution in [0, 0.1) is 5.92 Å². The van der Waals surface area contributed by atoms with Crippen molar-refractivity contribution < 1.29 is 27.6 Å². The highest BCUT2D eigenvalue weighted by molar-refractivity contribution is 6.62. The molecule has 0 saturated carbocycles. The van der Waals surface area contributed by atoms with Gasteiger partial charge in [0, 0.05) is 27.2 Å². The SMILES string of the molecule is CCCCCCCC/C=C\CCCCCC(CC(=O)OC(CC)[Si](OC)(OC)OC)C(=O)CN. The summed E-state index contributed by atoms with van der Waals surface area (Å²) in [6.07, 6.45) is 18.9. The maximum absolute atomic E-state index is 12.6. The van der Waals surface area contributed by atoms with E-state index in [4.69, 9.17) is 23.7 Å². The number of allylic oxidation sites excluding steroid dienone is 2. The monoisotopic (exact) mass is 501 g/mol. The highest BCUT2D eigenvalue weighted by Gasteiger charge is 2.49. The summed E-state index contributed by atoms with van der Waals surface area (Å²) in [5, 5.41) is 0. The van der Waals surface area contributed by atoms with Crippen molar-refractivity contribution in [1.82, 2.24) is 0 Å². The van der Waals surface area contributed by atoms with Crippen LogP contribution in [0.3, 0.4) is 0 Å². The van der Waals surface area contributed by atoms with E-state index in [0.29, 0.717) is 12.8 Å². The van der Waals surface area contributed by atoms with Crippen molar-refractivity contribution in [2.75, 3.05) is 27.9 Å². The molecule has 0 aromatic rings. The van der Waals surface area contributed by atoms with Gasteiger partial charge in [0.1, 0.15) is 5.78 Å². The molecule has 0 spiro atoms. The second-order valence-corrected chi connectivity index (χ2v) is 11.9. The average molecular weight is 502 g/mol. The van der Waals surface area contributed by atoms with Crippen molar-refractivity contribution in [3.8, 4) is 0 Å². The van der Waals surface area contributed by atoms with Gasteiger partial charge in [0.2, 0.25) is 0 Å². The molecule has 0 rings (SSSR count). The molecule has 0 aromatic heterocycles. The second-order valence-electron chi connectivity index (χ2n) is 8.84. The van der Waals surface area contributed by atoms with Crippen LogP contribution in [0.1, 0.15) is 104 Å². The Morgan fingerprint density at radius 1 is 0.824 bits per heavy atom. The van der Waals surface area contributed by atoms with Gasteiger partial charge in [0.25, 0.3) is 0 Å². The van der Waals surface area contributed by atoms with Crippen molar-refractivity contribution in [1.29, 1.82) is 0 Å². The molecule has 0 saturated heterocycles. The van der Waals surface area contributed by atoms with Crippen LogP contribution in [-0.2, 0) is 27.6 Å². The normalized spacial score (nSPS) is 13.8. The molecule has 0 aliphatic heterocycles. The molecule has 2 atom stereocenters. The quantitative estimate of drug-likeness (QED) is 0.0852. The Labute approximate surface area is 209 Å². The first-order valence-electron chi connectivity index (χ1n) is 13.2. The lowest BCUT2D eigenvalue weighted by Crippen LogP contribution is -2.56. The lowest BCUT2D eigenvalue weighted by atomic mass is 9.93. The molecule has 200 valence electrons. The Balaban J connectivity index is 4.34. The molecule has 0 heterocycles. The van der Waals surface area contributed by atoms with Gasteiger partial charge < -0.3 is 23.7 Å². The van der Waals surface area contributed by atoms with Crippen molar-refractivity contribution in [2.24, 2.45) is 11.7 Å². The summed E-state index contributed by atoms with van der Waals surface area (Å²) in [6, 6.07) is 0. The molecule has 0 amide bonds. The molecule has 0 bridgehead atoms. The van der Waals surface area contributed by atoms with Crippen LogP contribution < -0.4 is 5.73 Å². The minimum Gasteiger partial charge on any atom is -0.458 e. The minimum atomic E-state index is -3.12. The molecule has 7 nitrogen and oxygen atoms in total. The van der Waals surface area contributed by atoms with E-state index < -0.39 is 26.4 Å². The number of hydrogen-bond acceptors (Lipinski definition) is 7. The van der Waals surface area contributed by atoms with Crippen LogP contribution in [0.25, 0.3) is 0 Å². The molecule has 8 heteroatoms. The van der Waals surface area contributed by atoms with Crippen LogP contribution in [0.5, 0.6) is 0 Å². The zero-order chi connectivity index (χ0) is 25.7. The second kappa shape index (κ2) is 21.2. The van der Waals surface area contributed by atoms with Crippen LogP contribution in [0.4, 0.5) is 0 Å². The summed E-state index contributed by atoms with van der Waals surface area (Å²) in [6.45, 7) is 4.05. The van der Waals surface area contributed by atoms with Crippen molar-refractivity contribution in [3.63, 3.8) is 0 Å².